The third-order valence-corrected chi connectivity index (χ3v) is 5.72. The lowest BCUT2D eigenvalue weighted by molar-refractivity contribution is -0.131. The van der Waals surface area contributed by atoms with Crippen molar-refractivity contribution in [1.82, 2.24) is 4.90 Å². The summed E-state index contributed by atoms with van der Waals surface area (Å²) in [5.74, 6) is 0.745. The Kier molecular flexibility index (Phi) is 6.90. The number of piperazine rings is 1. The smallest absolute Gasteiger partial charge is 0.262 e. The maximum atomic E-state index is 12.4. The normalized spacial score (nSPS) is 13.8. The van der Waals surface area contributed by atoms with Gasteiger partial charge in [-0.25, -0.2) is 0 Å². The van der Waals surface area contributed by atoms with E-state index in [9.17, 15) is 9.59 Å². The summed E-state index contributed by atoms with van der Waals surface area (Å²) in [5.41, 5.74) is 1.83. The minimum absolute atomic E-state index is 0.0521. The molecule has 0 aromatic heterocycles. The van der Waals surface area contributed by atoms with Crippen LogP contribution in [0.2, 0.25) is 0 Å². The molecule has 0 unspecified atom stereocenters. The lowest BCUT2D eigenvalue weighted by Crippen LogP contribution is -2.48. The summed E-state index contributed by atoms with van der Waals surface area (Å²) in [4.78, 5) is 28.6. The van der Waals surface area contributed by atoms with Gasteiger partial charge >= 0.3 is 0 Å². The molecule has 1 heterocycles. The standard InChI is InChI=1S/C26H29N3O3/c1-2-6-26(31)29-17-15-28(16-18-29)22-13-11-21(12-14-22)27-25(30)19-32-24-10-5-8-20-7-3-4-9-23(20)24/h3-5,7-14H,2,6,15-19H2,1H3,(H,27,30). The number of fused-ring (bicyclic) bond motifs is 1. The van der Waals surface area contributed by atoms with Crippen LogP contribution in [-0.2, 0) is 9.59 Å². The molecule has 3 aromatic rings. The molecule has 6 nitrogen and oxygen atoms in total. The number of carbonyl (C=O) groups is 2. The maximum Gasteiger partial charge on any atom is 0.262 e. The van der Waals surface area contributed by atoms with E-state index in [1.807, 2.05) is 78.6 Å². The van der Waals surface area contributed by atoms with Crippen LogP contribution in [0, 0.1) is 0 Å². The number of nitrogens with one attached hydrogen (secondary N) is 1. The van der Waals surface area contributed by atoms with Crippen LogP contribution in [0.25, 0.3) is 10.8 Å². The van der Waals surface area contributed by atoms with E-state index in [0.29, 0.717) is 12.2 Å². The van der Waals surface area contributed by atoms with Gasteiger partial charge in [0.15, 0.2) is 6.61 Å². The number of rotatable bonds is 7. The molecule has 6 heteroatoms. The highest BCUT2D eigenvalue weighted by Gasteiger charge is 2.20. The third-order valence-electron chi connectivity index (χ3n) is 5.72. The Morgan fingerprint density at radius 2 is 1.62 bits per heavy atom. The second-order valence-electron chi connectivity index (χ2n) is 7.98. The van der Waals surface area contributed by atoms with Crippen molar-refractivity contribution in [1.29, 1.82) is 0 Å². The molecular formula is C26H29N3O3. The second-order valence-corrected chi connectivity index (χ2v) is 7.98. The Morgan fingerprint density at radius 1 is 0.906 bits per heavy atom. The van der Waals surface area contributed by atoms with Crippen LogP contribution < -0.4 is 15.0 Å². The third kappa shape index (κ3) is 5.19. The Hall–Kier alpha value is -3.54. The molecule has 1 N–H and O–H groups in total. The molecule has 0 aliphatic carbocycles. The van der Waals surface area contributed by atoms with Crippen LogP contribution in [0.3, 0.4) is 0 Å². The van der Waals surface area contributed by atoms with Gasteiger partial charge in [0.25, 0.3) is 5.91 Å². The van der Waals surface area contributed by atoms with Crippen LogP contribution in [0.4, 0.5) is 11.4 Å². The molecule has 1 aliphatic heterocycles. The number of hydrogen-bond acceptors (Lipinski definition) is 4. The van der Waals surface area contributed by atoms with Gasteiger partial charge in [-0.2, -0.15) is 0 Å². The number of benzene rings is 3. The number of ether oxygens (including phenoxy) is 1. The predicted octanol–water partition coefficient (Wildman–Crippen LogP) is 4.31. The van der Waals surface area contributed by atoms with E-state index in [1.54, 1.807) is 0 Å². The van der Waals surface area contributed by atoms with Gasteiger partial charge in [0.2, 0.25) is 5.91 Å². The molecule has 1 aliphatic rings. The van der Waals surface area contributed by atoms with E-state index >= 15 is 0 Å². The molecule has 0 spiro atoms. The van der Waals surface area contributed by atoms with E-state index in [1.165, 1.54) is 0 Å². The molecule has 0 bridgehead atoms. The molecular weight excluding hydrogens is 402 g/mol. The topological polar surface area (TPSA) is 61.9 Å². The second kappa shape index (κ2) is 10.2. The van der Waals surface area contributed by atoms with Gasteiger partial charge in [-0.3, -0.25) is 9.59 Å². The minimum atomic E-state index is -0.200. The Balaban J connectivity index is 1.28. The fourth-order valence-electron chi connectivity index (χ4n) is 4.00. The van der Waals surface area contributed by atoms with Gasteiger partial charge in [-0.15, -0.1) is 0 Å². The molecule has 4 rings (SSSR count). The molecule has 1 saturated heterocycles. The number of hydrogen-bond donors (Lipinski definition) is 1. The predicted molar refractivity (Wildman–Crippen MR) is 128 cm³/mol. The van der Waals surface area contributed by atoms with Crippen LogP contribution in [0.5, 0.6) is 5.75 Å². The van der Waals surface area contributed by atoms with Gasteiger partial charge in [-0.05, 0) is 42.1 Å². The monoisotopic (exact) mass is 431 g/mol. The van der Waals surface area contributed by atoms with Gasteiger partial charge in [-0.1, -0.05) is 43.3 Å². The summed E-state index contributed by atoms with van der Waals surface area (Å²) in [6.07, 6.45) is 1.51. The first-order valence-corrected chi connectivity index (χ1v) is 11.2. The van der Waals surface area contributed by atoms with Crippen molar-refractivity contribution in [2.24, 2.45) is 0 Å². The summed E-state index contributed by atoms with van der Waals surface area (Å²) in [7, 11) is 0. The zero-order valence-corrected chi connectivity index (χ0v) is 18.4. The van der Waals surface area contributed by atoms with Crippen LogP contribution in [0.1, 0.15) is 19.8 Å². The molecule has 0 radical (unpaired) electrons. The summed E-state index contributed by atoms with van der Waals surface area (Å²) in [6, 6.07) is 21.6. The quantitative estimate of drug-likeness (QED) is 0.606. The van der Waals surface area contributed by atoms with Crippen molar-refractivity contribution in [2.75, 3.05) is 43.0 Å². The summed E-state index contributed by atoms with van der Waals surface area (Å²) < 4.78 is 5.77. The van der Waals surface area contributed by atoms with Gasteiger partial charge in [0, 0.05) is 49.4 Å². The molecule has 166 valence electrons. The van der Waals surface area contributed by atoms with Crippen molar-refractivity contribution in [3.63, 3.8) is 0 Å². The number of carbonyl (C=O) groups excluding carboxylic acids is 2. The molecule has 0 saturated carbocycles. The highest BCUT2D eigenvalue weighted by Crippen LogP contribution is 2.25. The lowest BCUT2D eigenvalue weighted by atomic mass is 10.1. The van der Waals surface area contributed by atoms with Crippen molar-refractivity contribution in [3.8, 4) is 5.75 Å². The number of amides is 2. The van der Waals surface area contributed by atoms with Crippen molar-refractivity contribution in [3.05, 3.63) is 66.7 Å². The first-order valence-electron chi connectivity index (χ1n) is 11.2. The fourth-order valence-corrected chi connectivity index (χ4v) is 4.00. The van der Waals surface area contributed by atoms with Crippen LogP contribution in [-0.4, -0.2) is 49.5 Å². The zero-order chi connectivity index (χ0) is 22.3. The Morgan fingerprint density at radius 3 is 2.38 bits per heavy atom. The first-order chi connectivity index (χ1) is 15.6. The van der Waals surface area contributed by atoms with Gasteiger partial charge in [0.1, 0.15) is 5.75 Å². The summed E-state index contributed by atoms with van der Waals surface area (Å²) >= 11 is 0. The molecule has 2 amide bonds. The Bertz CT molecular complexity index is 1070. The molecule has 0 atom stereocenters. The van der Waals surface area contributed by atoms with Crippen LogP contribution in [0.15, 0.2) is 66.7 Å². The molecule has 3 aromatic carbocycles. The summed E-state index contributed by atoms with van der Waals surface area (Å²) in [5, 5.41) is 4.96. The first kappa shape index (κ1) is 21.7. The molecule has 1 fully saturated rings. The van der Waals surface area contributed by atoms with Crippen molar-refractivity contribution < 1.29 is 14.3 Å². The van der Waals surface area contributed by atoms with E-state index in [2.05, 4.69) is 10.2 Å². The number of anilines is 2. The lowest BCUT2D eigenvalue weighted by Gasteiger charge is -2.36. The number of nitrogens with zero attached hydrogens (tertiary/aromatic N) is 2. The average Bonchev–Trinajstić information content (AvgIpc) is 2.83. The van der Waals surface area contributed by atoms with Crippen molar-refractivity contribution >= 4 is 34.0 Å². The fraction of sp³-hybridized carbons (Fsp3) is 0.308. The average molecular weight is 432 g/mol. The van der Waals surface area contributed by atoms with Crippen molar-refractivity contribution in [2.45, 2.75) is 19.8 Å². The van der Waals surface area contributed by atoms with Crippen LogP contribution >= 0.6 is 0 Å². The van der Waals surface area contributed by atoms with E-state index in [0.717, 1.165) is 54.7 Å². The molecule has 32 heavy (non-hydrogen) atoms. The zero-order valence-electron chi connectivity index (χ0n) is 18.4. The van der Waals surface area contributed by atoms with Gasteiger partial charge in [0.05, 0.1) is 0 Å². The Labute approximate surface area is 188 Å². The highest BCUT2D eigenvalue weighted by atomic mass is 16.5. The SMILES string of the molecule is CCCC(=O)N1CCN(c2ccc(NC(=O)COc3cccc4ccccc34)cc2)CC1. The maximum absolute atomic E-state index is 12.4. The van der Waals surface area contributed by atoms with Gasteiger partial charge < -0.3 is 19.9 Å². The minimum Gasteiger partial charge on any atom is -0.483 e. The van der Waals surface area contributed by atoms with E-state index < -0.39 is 0 Å². The summed E-state index contributed by atoms with van der Waals surface area (Å²) in [6.45, 7) is 5.12. The largest absolute Gasteiger partial charge is 0.483 e. The highest BCUT2D eigenvalue weighted by molar-refractivity contribution is 5.93. The van der Waals surface area contributed by atoms with E-state index in [4.69, 9.17) is 4.74 Å². The van der Waals surface area contributed by atoms with E-state index in [-0.39, 0.29) is 18.4 Å².